The van der Waals surface area contributed by atoms with Gasteiger partial charge >= 0.3 is 0 Å². The molecule has 30 heavy (non-hydrogen) atoms. The SMILES string of the molecule is COc1ccc(C(C)N2CCCC(CNC(=O)c3c(Cl)cccc3Cl)C2)c(C)c1C. The molecule has 6 heteroatoms. The van der Waals surface area contributed by atoms with E-state index in [0.717, 1.165) is 31.7 Å². The van der Waals surface area contributed by atoms with Gasteiger partial charge < -0.3 is 10.1 Å². The lowest BCUT2D eigenvalue weighted by atomic mass is 9.92. The lowest BCUT2D eigenvalue weighted by Gasteiger charge is -2.38. The summed E-state index contributed by atoms with van der Waals surface area (Å²) >= 11 is 12.3. The van der Waals surface area contributed by atoms with Gasteiger partial charge in [0.25, 0.3) is 5.91 Å². The normalized spacial score (nSPS) is 18.1. The van der Waals surface area contributed by atoms with Gasteiger partial charge in [0.15, 0.2) is 0 Å². The van der Waals surface area contributed by atoms with E-state index in [1.807, 2.05) is 0 Å². The van der Waals surface area contributed by atoms with Crippen molar-refractivity contribution in [3.05, 3.63) is 62.6 Å². The molecule has 2 aromatic carbocycles. The number of halogens is 2. The molecule has 0 radical (unpaired) electrons. The Kier molecular flexibility index (Phi) is 7.67. The zero-order valence-corrected chi connectivity index (χ0v) is 19.6. The summed E-state index contributed by atoms with van der Waals surface area (Å²) in [5.74, 6) is 1.12. The smallest absolute Gasteiger partial charge is 0.254 e. The third-order valence-electron chi connectivity index (χ3n) is 6.29. The Morgan fingerprint density at radius 3 is 2.57 bits per heavy atom. The number of hydrogen-bond acceptors (Lipinski definition) is 3. The molecule has 1 amide bonds. The molecule has 3 rings (SSSR count). The van der Waals surface area contributed by atoms with Crippen molar-refractivity contribution in [3.63, 3.8) is 0 Å². The minimum atomic E-state index is -0.211. The van der Waals surface area contributed by atoms with Crippen molar-refractivity contribution in [2.75, 3.05) is 26.7 Å². The molecule has 2 aromatic rings. The number of piperidine rings is 1. The van der Waals surface area contributed by atoms with Crippen molar-refractivity contribution < 1.29 is 9.53 Å². The summed E-state index contributed by atoms with van der Waals surface area (Å²) in [6, 6.07) is 9.66. The predicted molar refractivity (Wildman–Crippen MR) is 124 cm³/mol. The molecule has 1 aliphatic rings. The highest BCUT2D eigenvalue weighted by Gasteiger charge is 2.26. The number of methoxy groups -OCH3 is 1. The molecule has 1 N–H and O–H groups in total. The van der Waals surface area contributed by atoms with Crippen LogP contribution in [0.4, 0.5) is 0 Å². The number of carbonyl (C=O) groups is 1. The average molecular weight is 449 g/mol. The first-order valence-electron chi connectivity index (χ1n) is 10.4. The van der Waals surface area contributed by atoms with E-state index in [0.29, 0.717) is 34.1 Å². The molecule has 2 unspecified atom stereocenters. The first-order valence-corrected chi connectivity index (χ1v) is 11.2. The highest BCUT2D eigenvalue weighted by molar-refractivity contribution is 6.39. The first kappa shape index (κ1) is 22.9. The fourth-order valence-corrected chi connectivity index (χ4v) is 4.91. The van der Waals surface area contributed by atoms with E-state index < -0.39 is 0 Å². The molecular formula is C24H30Cl2N2O2. The Hall–Kier alpha value is -1.75. The van der Waals surface area contributed by atoms with Crippen molar-refractivity contribution in [1.82, 2.24) is 10.2 Å². The maximum Gasteiger partial charge on any atom is 0.254 e. The van der Waals surface area contributed by atoms with E-state index in [4.69, 9.17) is 27.9 Å². The summed E-state index contributed by atoms with van der Waals surface area (Å²) in [5, 5.41) is 3.79. The fourth-order valence-electron chi connectivity index (χ4n) is 4.34. The number of likely N-dealkylation sites (tertiary alicyclic amines) is 1. The number of amides is 1. The summed E-state index contributed by atoms with van der Waals surface area (Å²) in [5.41, 5.74) is 4.16. The van der Waals surface area contributed by atoms with Crippen molar-refractivity contribution in [2.45, 2.75) is 39.7 Å². The Labute approximate surface area is 189 Å². The summed E-state index contributed by atoms with van der Waals surface area (Å²) in [6.45, 7) is 9.16. The molecule has 0 spiro atoms. The van der Waals surface area contributed by atoms with Crippen molar-refractivity contribution in [1.29, 1.82) is 0 Å². The molecule has 1 fully saturated rings. The number of rotatable bonds is 6. The minimum Gasteiger partial charge on any atom is -0.496 e. The quantitative estimate of drug-likeness (QED) is 0.604. The van der Waals surface area contributed by atoms with Gasteiger partial charge in [0.05, 0.1) is 22.7 Å². The van der Waals surface area contributed by atoms with Crippen molar-refractivity contribution in [3.8, 4) is 5.75 Å². The van der Waals surface area contributed by atoms with Crippen LogP contribution in [-0.2, 0) is 0 Å². The highest BCUT2D eigenvalue weighted by atomic mass is 35.5. The maximum atomic E-state index is 12.6. The van der Waals surface area contributed by atoms with Gasteiger partial charge in [-0.3, -0.25) is 9.69 Å². The molecular weight excluding hydrogens is 419 g/mol. The maximum absolute atomic E-state index is 12.6. The van der Waals surface area contributed by atoms with Gasteiger partial charge in [0.2, 0.25) is 0 Å². The van der Waals surface area contributed by atoms with Gasteiger partial charge in [-0.25, -0.2) is 0 Å². The van der Waals surface area contributed by atoms with Gasteiger partial charge in [-0.15, -0.1) is 0 Å². The Balaban J connectivity index is 1.64. The second kappa shape index (κ2) is 10.0. The van der Waals surface area contributed by atoms with Gasteiger partial charge in [-0.05, 0) is 81.0 Å². The number of ether oxygens (including phenoxy) is 1. The van der Waals surface area contributed by atoms with Crippen LogP contribution in [0.25, 0.3) is 0 Å². The minimum absolute atomic E-state index is 0.211. The van der Waals surface area contributed by atoms with Crippen molar-refractivity contribution >= 4 is 29.1 Å². The van der Waals surface area contributed by atoms with Gasteiger partial charge in [-0.2, -0.15) is 0 Å². The number of carbonyl (C=O) groups excluding carboxylic acids is 1. The van der Waals surface area contributed by atoms with Crippen LogP contribution in [-0.4, -0.2) is 37.6 Å². The van der Waals surface area contributed by atoms with Gasteiger partial charge in [0, 0.05) is 19.1 Å². The van der Waals surface area contributed by atoms with Gasteiger partial charge in [0.1, 0.15) is 5.75 Å². The zero-order chi connectivity index (χ0) is 21.8. The van der Waals surface area contributed by atoms with Crippen LogP contribution < -0.4 is 10.1 Å². The first-order chi connectivity index (χ1) is 14.3. The summed E-state index contributed by atoms with van der Waals surface area (Å²) < 4.78 is 5.46. The monoisotopic (exact) mass is 448 g/mol. The number of benzene rings is 2. The van der Waals surface area contributed by atoms with Gasteiger partial charge in [-0.1, -0.05) is 35.3 Å². The highest BCUT2D eigenvalue weighted by Crippen LogP contribution is 2.33. The lowest BCUT2D eigenvalue weighted by Crippen LogP contribution is -2.42. The third kappa shape index (κ3) is 4.93. The van der Waals surface area contributed by atoms with Crippen LogP contribution in [0.1, 0.15) is 52.9 Å². The molecule has 1 saturated heterocycles. The summed E-state index contributed by atoms with van der Waals surface area (Å²) in [4.78, 5) is 15.1. The largest absolute Gasteiger partial charge is 0.496 e. The number of nitrogens with zero attached hydrogens (tertiary/aromatic N) is 1. The molecule has 4 nitrogen and oxygen atoms in total. The van der Waals surface area contributed by atoms with E-state index in [-0.39, 0.29) is 5.91 Å². The van der Waals surface area contributed by atoms with Crippen LogP contribution in [0.2, 0.25) is 10.0 Å². The van der Waals surface area contributed by atoms with E-state index >= 15 is 0 Å². The van der Waals surface area contributed by atoms with Crippen LogP contribution in [0.15, 0.2) is 30.3 Å². The van der Waals surface area contributed by atoms with Crippen LogP contribution in [0.5, 0.6) is 5.75 Å². The lowest BCUT2D eigenvalue weighted by molar-refractivity contribution is 0.0917. The van der Waals surface area contributed by atoms with E-state index in [2.05, 4.69) is 43.1 Å². The Morgan fingerprint density at radius 1 is 1.20 bits per heavy atom. The molecule has 0 bridgehead atoms. The van der Waals surface area contributed by atoms with Crippen LogP contribution in [0, 0.1) is 19.8 Å². The molecule has 0 saturated carbocycles. The predicted octanol–water partition coefficient (Wildman–Crippen LogP) is 5.82. The van der Waals surface area contributed by atoms with Crippen molar-refractivity contribution in [2.24, 2.45) is 5.92 Å². The number of nitrogens with one attached hydrogen (secondary N) is 1. The Bertz CT molecular complexity index is 896. The summed E-state index contributed by atoms with van der Waals surface area (Å²) in [6.07, 6.45) is 2.21. The van der Waals surface area contributed by atoms with Crippen LogP contribution in [0.3, 0.4) is 0 Å². The standard InChI is InChI=1S/C24H30Cl2N2O2/c1-15-16(2)22(30-4)11-10-19(15)17(3)28-12-6-7-18(14-28)13-27-24(29)23-20(25)8-5-9-21(23)26/h5,8-11,17-18H,6-7,12-14H2,1-4H3,(H,27,29). The third-order valence-corrected chi connectivity index (χ3v) is 6.92. The number of hydrogen-bond donors (Lipinski definition) is 1. The molecule has 1 aliphatic heterocycles. The average Bonchev–Trinajstić information content (AvgIpc) is 2.74. The van der Waals surface area contributed by atoms with E-state index in [9.17, 15) is 4.79 Å². The molecule has 1 heterocycles. The topological polar surface area (TPSA) is 41.6 Å². The summed E-state index contributed by atoms with van der Waals surface area (Å²) in [7, 11) is 1.71. The molecule has 162 valence electrons. The second-order valence-corrected chi connectivity index (χ2v) is 8.91. The molecule has 2 atom stereocenters. The Morgan fingerprint density at radius 2 is 1.90 bits per heavy atom. The fraction of sp³-hybridized carbons (Fsp3) is 0.458. The molecule has 0 aliphatic carbocycles. The van der Waals surface area contributed by atoms with E-state index in [1.165, 1.54) is 16.7 Å². The molecule has 0 aromatic heterocycles. The van der Waals surface area contributed by atoms with Crippen LogP contribution >= 0.6 is 23.2 Å². The van der Waals surface area contributed by atoms with E-state index in [1.54, 1.807) is 25.3 Å². The second-order valence-electron chi connectivity index (χ2n) is 8.09. The zero-order valence-electron chi connectivity index (χ0n) is 18.1.